The van der Waals surface area contributed by atoms with E-state index < -0.39 is 0 Å². The van der Waals surface area contributed by atoms with E-state index in [1.54, 1.807) is 49.6 Å². The van der Waals surface area contributed by atoms with Crippen LogP contribution in [0.1, 0.15) is 16.3 Å². The highest BCUT2D eigenvalue weighted by molar-refractivity contribution is 6.35. The smallest absolute Gasteiger partial charge is 0.291 e. The third-order valence-electron chi connectivity index (χ3n) is 3.27. The molecule has 0 aliphatic carbocycles. The molecular formula is C18H14Cl2N2O4. The van der Waals surface area contributed by atoms with Gasteiger partial charge in [0.2, 0.25) is 5.88 Å². The molecule has 0 spiro atoms. The molecule has 26 heavy (non-hydrogen) atoms. The molecule has 0 bridgehead atoms. The molecule has 1 amide bonds. The number of pyridine rings is 1. The molecule has 1 aromatic carbocycles. The highest BCUT2D eigenvalue weighted by atomic mass is 35.5. The second-order valence-electron chi connectivity index (χ2n) is 5.22. The molecular weight excluding hydrogens is 379 g/mol. The number of hydrogen-bond acceptors (Lipinski definition) is 5. The van der Waals surface area contributed by atoms with Crippen LogP contribution in [0.5, 0.6) is 11.6 Å². The van der Waals surface area contributed by atoms with Gasteiger partial charge in [-0.2, -0.15) is 0 Å². The summed E-state index contributed by atoms with van der Waals surface area (Å²) in [5.74, 6) is 1.18. The Kier molecular flexibility index (Phi) is 5.78. The number of hydrogen-bond donors (Lipinski definition) is 1. The molecule has 1 N–H and O–H groups in total. The zero-order valence-electron chi connectivity index (χ0n) is 13.7. The van der Waals surface area contributed by atoms with Crippen molar-refractivity contribution in [1.29, 1.82) is 0 Å². The Morgan fingerprint density at radius 3 is 2.65 bits per heavy atom. The molecule has 3 aromatic rings. The van der Waals surface area contributed by atoms with E-state index in [9.17, 15) is 4.79 Å². The molecule has 0 fully saturated rings. The van der Waals surface area contributed by atoms with Gasteiger partial charge in [-0.15, -0.1) is 0 Å². The van der Waals surface area contributed by atoms with Crippen LogP contribution in [-0.2, 0) is 11.3 Å². The highest BCUT2D eigenvalue weighted by Gasteiger charge is 2.12. The maximum atomic E-state index is 12.2. The van der Waals surface area contributed by atoms with Crippen LogP contribution in [0.4, 0.5) is 5.69 Å². The first-order chi connectivity index (χ1) is 12.5. The Hall–Kier alpha value is -2.54. The van der Waals surface area contributed by atoms with Crippen LogP contribution in [-0.4, -0.2) is 18.0 Å². The quantitative estimate of drug-likeness (QED) is 0.625. The van der Waals surface area contributed by atoms with E-state index in [-0.39, 0.29) is 17.5 Å². The van der Waals surface area contributed by atoms with Crippen LogP contribution in [0.25, 0.3) is 0 Å². The number of benzene rings is 1. The lowest BCUT2D eigenvalue weighted by Gasteiger charge is -2.08. The van der Waals surface area contributed by atoms with Crippen molar-refractivity contribution in [2.45, 2.75) is 6.61 Å². The number of furan rings is 1. The van der Waals surface area contributed by atoms with Gasteiger partial charge in [0.15, 0.2) is 5.76 Å². The Labute approximate surface area is 159 Å². The van der Waals surface area contributed by atoms with Crippen molar-refractivity contribution in [2.24, 2.45) is 0 Å². The maximum Gasteiger partial charge on any atom is 0.291 e. The van der Waals surface area contributed by atoms with Crippen molar-refractivity contribution in [3.63, 3.8) is 0 Å². The summed E-state index contributed by atoms with van der Waals surface area (Å²) in [5, 5.41) is 3.46. The van der Waals surface area contributed by atoms with Gasteiger partial charge in [0.1, 0.15) is 23.1 Å². The van der Waals surface area contributed by atoms with Gasteiger partial charge in [-0.1, -0.05) is 23.2 Å². The zero-order valence-corrected chi connectivity index (χ0v) is 15.2. The average molecular weight is 393 g/mol. The van der Waals surface area contributed by atoms with E-state index in [1.807, 2.05) is 0 Å². The topological polar surface area (TPSA) is 73.6 Å². The number of rotatable bonds is 6. The first-order valence-corrected chi connectivity index (χ1v) is 8.28. The minimum Gasteiger partial charge on any atom is -0.453 e. The van der Waals surface area contributed by atoms with Gasteiger partial charge < -0.3 is 19.2 Å². The van der Waals surface area contributed by atoms with Crippen LogP contribution in [0, 0.1) is 0 Å². The van der Waals surface area contributed by atoms with E-state index in [0.717, 1.165) is 0 Å². The summed E-state index contributed by atoms with van der Waals surface area (Å²) >= 11 is 11.8. The number of nitrogens with zero attached hydrogens (tertiary/aromatic N) is 1. The van der Waals surface area contributed by atoms with Gasteiger partial charge in [0.25, 0.3) is 5.91 Å². The van der Waals surface area contributed by atoms with Crippen molar-refractivity contribution in [3.05, 3.63) is 70.2 Å². The molecule has 0 atom stereocenters. The minimum absolute atomic E-state index is 0.203. The fraction of sp³-hybridized carbons (Fsp3) is 0.111. The predicted octanol–water partition coefficient (Wildman–Crippen LogP) is 5.17. The highest BCUT2D eigenvalue weighted by Crippen LogP contribution is 2.29. The monoisotopic (exact) mass is 392 g/mol. The van der Waals surface area contributed by atoms with Gasteiger partial charge in [-0.05, 0) is 42.5 Å². The van der Waals surface area contributed by atoms with Crippen molar-refractivity contribution in [3.8, 4) is 11.6 Å². The summed E-state index contributed by atoms with van der Waals surface area (Å²) < 4.78 is 15.9. The minimum atomic E-state index is -0.358. The lowest BCUT2D eigenvalue weighted by molar-refractivity contribution is 0.0987. The van der Waals surface area contributed by atoms with Crippen molar-refractivity contribution in [2.75, 3.05) is 12.4 Å². The summed E-state index contributed by atoms with van der Waals surface area (Å²) in [6.07, 6.45) is 1.44. The SMILES string of the molecule is COCc1ccc(C(=O)Nc2ccc(Oc3ncc(Cl)cc3Cl)cc2)o1. The molecule has 0 radical (unpaired) electrons. The molecule has 3 rings (SSSR count). The Bertz CT molecular complexity index is 910. The standard InChI is InChI=1S/C18H14Cl2N2O4/c1-24-10-14-6-7-16(25-14)17(23)22-12-2-4-13(5-3-12)26-18-15(20)8-11(19)9-21-18/h2-9H,10H2,1H3,(H,22,23). The second-order valence-corrected chi connectivity index (χ2v) is 6.06. The number of aromatic nitrogens is 1. The number of anilines is 1. The molecule has 2 heterocycles. The molecule has 0 saturated carbocycles. The molecule has 134 valence electrons. The molecule has 6 nitrogen and oxygen atoms in total. The van der Waals surface area contributed by atoms with E-state index in [2.05, 4.69) is 10.3 Å². The molecule has 2 aromatic heterocycles. The van der Waals surface area contributed by atoms with Gasteiger partial charge in [0.05, 0.1) is 5.02 Å². The van der Waals surface area contributed by atoms with Crippen LogP contribution in [0.15, 0.2) is 53.1 Å². The summed E-state index contributed by atoms with van der Waals surface area (Å²) in [5.41, 5.74) is 0.585. The first-order valence-electron chi connectivity index (χ1n) is 7.53. The molecule has 0 unspecified atom stereocenters. The molecule has 0 aliphatic rings. The van der Waals surface area contributed by atoms with E-state index >= 15 is 0 Å². The fourth-order valence-electron chi connectivity index (χ4n) is 2.11. The second kappa shape index (κ2) is 8.23. The van der Waals surface area contributed by atoms with Crippen LogP contribution < -0.4 is 10.1 Å². The van der Waals surface area contributed by atoms with Gasteiger partial charge in [-0.25, -0.2) is 4.98 Å². The zero-order chi connectivity index (χ0) is 18.5. The summed E-state index contributed by atoms with van der Waals surface area (Å²) in [7, 11) is 1.55. The van der Waals surface area contributed by atoms with E-state index in [0.29, 0.717) is 33.8 Å². The lowest BCUT2D eigenvalue weighted by Crippen LogP contribution is -2.10. The molecule has 8 heteroatoms. The number of carbonyl (C=O) groups excluding carboxylic acids is 1. The number of carbonyl (C=O) groups is 1. The van der Waals surface area contributed by atoms with Gasteiger partial charge in [-0.3, -0.25) is 4.79 Å². The normalized spacial score (nSPS) is 10.6. The fourth-order valence-corrected chi connectivity index (χ4v) is 2.53. The Morgan fingerprint density at radius 2 is 1.96 bits per heavy atom. The number of methoxy groups -OCH3 is 1. The third kappa shape index (κ3) is 4.54. The molecule has 0 aliphatic heterocycles. The van der Waals surface area contributed by atoms with E-state index in [1.165, 1.54) is 6.20 Å². The predicted molar refractivity (Wildman–Crippen MR) is 98.1 cm³/mol. The van der Waals surface area contributed by atoms with Crippen LogP contribution in [0.2, 0.25) is 10.0 Å². The number of nitrogens with one attached hydrogen (secondary N) is 1. The van der Waals surface area contributed by atoms with Gasteiger partial charge in [0, 0.05) is 19.0 Å². The Balaban J connectivity index is 1.64. The van der Waals surface area contributed by atoms with Crippen molar-refractivity contribution < 1.29 is 18.7 Å². The Morgan fingerprint density at radius 1 is 1.19 bits per heavy atom. The lowest BCUT2D eigenvalue weighted by atomic mass is 10.3. The number of amides is 1. The number of ether oxygens (including phenoxy) is 2. The molecule has 0 saturated heterocycles. The van der Waals surface area contributed by atoms with Crippen LogP contribution >= 0.6 is 23.2 Å². The average Bonchev–Trinajstić information content (AvgIpc) is 3.08. The largest absolute Gasteiger partial charge is 0.453 e. The van der Waals surface area contributed by atoms with Crippen LogP contribution in [0.3, 0.4) is 0 Å². The summed E-state index contributed by atoms with van der Waals surface area (Å²) in [6, 6.07) is 11.6. The summed E-state index contributed by atoms with van der Waals surface area (Å²) in [6.45, 7) is 0.306. The van der Waals surface area contributed by atoms with Gasteiger partial charge >= 0.3 is 0 Å². The number of halogens is 2. The maximum absolute atomic E-state index is 12.2. The van der Waals surface area contributed by atoms with E-state index in [4.69, 9.17) is 37.1 Å². The van der Waals surface area contributed by atoms with Crippen molar-refractivity contribution >= 4 is 34.8 Å². The first kappa shape index (κ1) is 18.3. The summed E-state index contributed by atoms with van der Waals surface area (Å²) in [4.78, 5) is 16.2. The third-order valence-corrected chi connectivity index (χ3v) is 3.75. The van der Waals surface area contributed by atoms with Crippen molar-refractivity contribution in [1.82, 2.24) is 4.98 Å².